The van der Waals surface area contributed by atoms with Gasteiger partial charge in [-0.3, -0.25) is 0 Å². The lowest BCUT2D eigenvalue weighted by Gasteiger charge is -2.17. The summed E-state index contributed by atoms with van der Waals surface area (Å²) in [6.45, 7) is 3.18. The minimum Gasteiger partial charge on any atom is -0.205 e. The molecule has 0 spiro atoms. The summed E-state index contributed by atoms with van der Waals surface area (Å²) in [7, 11) is 0. The first kappa shape index (κ1) is 16.7. The minimum absolute atomic E-state index is 0.107. The molecule has 0 aliphatic heterocycles. The average Bonchev–Trinajstić information content (AvgIpc) is 2.36. The van der Waals surface area contributed by atoms with Crippen LogP contribution >= 0.6 is 11.6 Å². The number of benzene rings is 2. The highest BCUT2D eigenvalue weighted by Gasteiger charge is 2.34. The lowest BCUT2D eigenvalue weighted by molar-refractivity contribution is -0.137. The molecule has 0 saturated heterocycles. The van der Waals surface area contributed by atoms with Gasteiger partial charge >= 0.3 is 6.18 Å². The molecule has 0 atom stereocenters. The Morgan fingerprint density at radius 1 is 0.955 bits per heavy atom. The second-order valence-electron chi connectivity index (χ2n) is 5.04. The van der Waals surface area contributed by atoms with Crippen LogP contribution in [0.2, 0.25) is 5.02 Å². The molecule has 0 aromatic heterocycles. The SMILES string of the molecule is Cc1ccc(C(F)(F)F)c(-c2cc(C(F)F)c(Cl)cc2C)c1. The van der Waals surface area contributed by atoms with Crippen LogP contribution in [0.15, 0.2) is 30.3 Å². The van der Waals surface area contributed by atoms with E-state index in [1.807, 2.05) is 0 Å². The van der Waals surface area contributed by atoms with E-state index in [-0.39, 0.29) is 16.1 Å². The fourth-order valence-corrected chi connectivity index (χ4v) is 2.58. The van der Waals surface area contributed by atoms with Gasteiger partial charge in [0.05, 0.1) is 5.56 Å². The van der Waals surface area contributed by atoms with Gasteiger partial charge in [0.25, 0.3) is 6.43 Å². The van der Waals surface area contributed by atoms with Crippen LogP contribution in [0.25, 0.3) is 11.1 Å². The third-order valence-corrected chi connectivity index (χ3v) is 3.68. The van der Waals surface area contributed by atoms with E-state index in [0.29, 0.717) is 11.1 Å². The molecule has 0 saturated carbocycles. The van der Waals surface area contributed by atoms with Crippen molar-refractivity contribution in [2.24, 2.45) is 0 Å². The highest BCUT2D eigenvalue weighted by molar-refractivity contribution is 6.31. The van der Waals surface area contributed by atoms with Crippen LogP contribution in [0.4, 0.5) is 22.0 Å². The second kappa shape index (κ2) is 5.88. The van der Waals surface area contributed by atoms with Gasteiger partial charge < -0.3 is 0 Å². The first-order valence-corrected chi connectivity index (χ1v) is 6.75. The van der Waals surface area contributed by atoms with Crippen LogP contribution in [0.3, 0.4) is 0 Å². The second-order valence-corrected chi connectivity index (χ2v) is 5.44. The first-order valence-electron chi connectivity index (χ1n) is 6.37. The van der Waals surface area contributed by atoms with Crippen molar-refractivity contribution in [3.05, 3.63) is 57.6 Å². The molecule has 0 fully saturated rings. The normalized spacial score (nSPS) is 12.0. The Kier molecular flexibility index (Phi) is 4.47. The van der Waals surface area contributed by atoms with Crippen LogP contribution in [0.1, 0.15) is 28.7 Å². The number of rotatable bonds is 2. The van der Waals surface area contributed by atoms with Crippen LogP contribution in [0.5, 0.6) is 0 Å². The molecule has 2 rings (SSSR count). The number of aryl methyl sites for hydroxylation is 2. The molecular weight excluding hydrogens is 323 g/mol. The zero-order chi connectivity index (χ0) is 16.7. The van der Waals surface area contributed by atoms with Crippen molar-refractivity contribution in [2.75, 3.05) is 0 Å². The van der Waals surface area contributed by atoms with Gasteiger partial charge in [0.15, 0.2) is 0 Å². The average molecular weight is 335 g/mol. The van der Waals surface area contributed by atoms with Gasteiger partial charge in [-0.2, -0.15) is 13.2 Å². The largest absolute Gasteiger partial charge is 0.417 e. The summed E-state index contributed by atoms with van der Waals surface area (Å²) in [5.74, 6) is 0. The summed E-state index contributed by atoms with van der Waals surface area (Å²) in [6, 6.07) is 5.94. The molecule has 6 heteroatoms. The maximum Gasteiger partial charge on any atom is 0.417 e. The molecule has 0 aliphatic carbocycles. The molecule has 0 radical (unpaired) electrons. The van der Waals surface area contributed by atoms with Gasteiger partial charge in [0.1, 0.15) is 0 Å². The monoisotopic (exact) mass is 334 g/mol. The molecule has 0 unspecified atom stereocenters. The van der Waals surface area contributed by atoms with Crippen molar-refractivity contribution in [3.8, 4) is 11.1 Å². The van der Waals surface area contributed by atoms with E-state index < -0.39 is 23.7 Å². The molecule has 0 amide bonds. The van der Waals surface area contributed by atoms with Crippen molar-refractivity contribution in [2.45, 2.75) is 26.4 Å². The van der Waals surface area contributed by atoms with Gasteiger partial charge in [-0.05, 0) is 48.7 Å². The third kappa shape index (κ3) is 3.24. The molecule has 0 N–H and O–H groups in total. The fourth-order valence-electron chi connectivity index (χ4n) is 2.27. The van der Waals surface area contributed by atoms with Crippen molar-refractivity contribution in [1.29, 1.82) is 0 Å². The Morgan fingerprint density at radius 2 is 1.59 bits per heavy atom. The quantitative estimate of drug-likeness (QED) is 0.544. The van der Waals surface area contributed by atoms with Gasteiger partial charge in [0, 0.05) is 10.6 Å². The van der Waals surface area contributed by atoms with Crippen LogP contribution in [0, 0.1) is 13.8 Å². The Balaban J connectivity index is 2.76. The zero-order valence-electron chi connectivity index (χ0n) is 11.7. The summed E-state index contributed by atoms with van der Waals surface area (Å²) < 4.78 is 65.4. The first-order chi connectivity index (χ1) is 10.1. The molecular formula is C16H12ClF5. The van der Waals surface area contributed by atoms with E-state index in [9.17, 15) is 22.0 Å². The zero-order valence-corrected chi connectivity index (χ0v) is 12.5. The maximum absolute atomic E-state index is 13.2. The van der Waals surface area contributed by atoms with E-state index in [4.69, 9.17) is 11.6 Å². The van der Waals surface area contributed by atoms with E-state index in [1.54, 1.807) is 13.8 Å². The Bertz CT molecular complexity index is 704. The maximum atomic E-state index is 13.2. The molecule has 0 bridgehead atoms. The molecule has 2 aromatic carbocycles. The summed E-state index contributed by atoms with van der Waals surface area (Å²) in [5.41, 5.74) is -0.332. The molecule has 2 aromatic rings. The fraction of sp³-hybridized carbons (Fsp3) is 0.250. The minimum atomic E-state index is -4.57. The molecule has 0 aliphatic rings. The molecule has 118 valence electrons. The van der Waals surface area contributed by atoms with Crippen LogP contribution in [-0.2, 0) is 6.18 Å². The molecule has 0 nitrogen and oxygen atoms in total. The van der Waals surface area contributed by atoms with Crippen molar-refractivity contribution in [1.82, 2.24) is 0 Å². The predicted octanol–water partition coefficient (Wildman–Crippen LogP) is 6.58. The lowest BCUT2D eigenvalue weighted by Crippen LogP contribution is -2.08. The summed E-state index contributed by atoms with van der Waals surface area (Å²) >= 11 is 5.74. The van der Waals surface area contributed by atoms with Crippen LogP contribution in [-0.4, -0.2) is 0 Å². The number of hydrogen-bond donors (Lipinski definition) is 0. The Morgan fingerprint density at radius 3 is 2.14 bits per heavy atom. The van der Waals surface area contributed by atoms with Gasteiger partial charge in [0.2, 0.25) is 0 Å². The highest BCUT2D eigenvalue weighted by atomic mass is 35.5. The summed E-state index contributed by atoms with van der Waals surface area (Å²) in [4.78, 5) is 0. The third-order valence-electron chi connectivity index (χ3n) is 3.35. The Hall–Kier alpha value is -1.62. The van der Waals surface area contributed by atoms with Gasteiger partial charge in [-0.25, -0.2) is 8.78 Å². The lowest BCUT2D eigenvalue weighted by atomic mass is 9.92. The number of hydrogen-bond acceptors (Lipinski definition) is 0. The van der Waals surface area contributed by atoms with Gasteiger partial charge in [-0.1, -0.05) is 29.3 Å². The smallest absolute Gasteiger partial charge is 0.205 e. The van der Waals surface area contributed by atoms with E-state index >= 15 is 0 Å². The van der Waals surface area contributed by atoms with Crippen LogP contribution < -0.4 is 0 Å². The molecule has 0 heterocycles. The van der Waals surface area contributed by atoms with Crippen molar-refractivity contribution in [3.63, 3.8) is 0 Å². The standard InChI is InChI=1S/C16H12ClF5/c1-8-3-4-13(16(20,21)22)11(5-8)10-7-12(15(18)19)14(17)6-9(10)2/h3-7,15H,1-2H3. The van der Waals surface area contributed by atoms with E-state index in [2.05, 4.69) is 0 Å². The van der Waals surface area contributed by atoms with Crippen molar-refractivity contribution < 1.29 is 22.0 Å². The highest BCUT2D eigenvalue weighted by Crippen LogP contribution is 2.41. The van der Waals surface area contributed by atoms with E-state index in [1.165, 1.54) is 18.2 Å². The van der Waals surface area contributed by atoms with E-state index in [0.717, 1.165) is 12.1 Å². The van der Waals surface area contributed by atoms with Crippen molar-refractivity contribution >= 4 is 11.6 Å². The predicted molar refractivity (Wildman–Crippen MR) is 76.3 cm³/mol. The number of alkyl halides is 5. The number of halogens is 6. The van der Waals surface area contributed by atoms with Gasteiger partial charge in [-0.15, -0.1) is 0 Å². The Labute approximate surface area is 129 Å². The summed E-state index contributed by atoms with van der Waals surface area (Å²) in [6.07, 6.45) is -7.42. The molecule has 22 heavy (non-hydrogen) atoms. The topological polar surface area (TPSA) is 0 Å². The summed E-state index contributed by atoms with van der Waals surface area (Å²) in [5, 5.41) is -0.155.